The number of carboxylic acids is 1. The summed E-state index contributed by atoms with van der Waals surface area (Å²) < 4.78 is 6.09. The van der Waals surface area contributed by atoms with Gasteiger partial charge in [-0.15, -0.1) is 0 Å². The van der Waals surface area contributed by atoms with Gasteiger partial charge >= 0.3 is 5.97 Å². The van der Waals surface area contributed by atoms with Gasteiger partial charge in [-0.25, -0.2) is 4.79 Å². The van der Waals surface area contributed by atoms with Crippen molar-refractivity contribution in [2.45, 2.75) is 39.2 Å². The van der Waals surface area contributed by atoms with Crippen LogP contribution in [-0.2, 0) is 4.79 Å². The van der Waals surface area contributed by atoms with Crippen molar-refractivity contribution >= 4 is 12.0 Å². The van der Waals surface area contributed by atoms with Gasteiger partial charge in [-0.1, -0.05) is 32.0 Å². The monoisotopic (exact) mass is 274 g/mol. The maximum atomic E-state index is 10.6. The van der Waals surface area contributed by atoms with Crippen molar-refractivity contribution in [2.24, 2.45) is 11.8 Å². The summed E-state index contributed by atoms with van der Waals surface area (Å²) in [5, 5.41) is 8.72. The molecule has 0 heterocycles. The highest BCUT2D eigenvalue weighted by Crippen LogP contribution is 2.32. The van der Waals surface area contributed by atoms with E-state index in [1.807, 2.05) is 24.3 Å². The summed E-state index contributed by atoms with van der Waals surface area (Å²) in [5.41, 5.74) is 0.821. The molecule has 1 aromatic carbocycles. The van der Waals surface area contributed by atoms with E-state index in [-0.39, 0.29) is 6.10 Å². The molecule has 1 fully saturated rings. The largest absolute Gasteiger partial charge is 0.490 e. The molecule has 0 radical (unpaired) electrons. The third-order valence-corrected chi connectivity index (χ3v) is 4.17. The van der Waals surface area contributed by atoms with E-state index in [0.29, 0.717) is 5.92 Å². The molecule has 0 bridgehead atoms. The van der Waals surface area contributed by atoms with E-state index >= 15 is 0 Å². The summed E-state index contributed by atoms with van der Waals surface area (Å²) in [4.78, 5) is 10.6. The average molecular weight is 274 g/mol. The van der Waals surface area contributed by atoms with E-state index in [2.05, 4.69) is 13.8 Å². The van der Waals surface area contributed by atoms with Crippen LogP contribution in [0, 0.1) is 11.8 Å². The minimum absolute atomic E-state index is 0.237. The quantitative estimate of drug-likeness (QED) is 0.844. The number of para-hydroxylation sites is 1. The Morgan fingerprint density at radius 1 is 1.25 bits per heavy atom. The number of hydrogen-bond donors (Lipinski definition) is 1. The van der Waals surface area contributed by atoms with Crippen molar-refractivity contribution in [1.82, 2.24) is 0 Å². The Balaban J connectivity index is 2.07. The van der Waals surface area contributed by atoms with Crippen LogP contribution >= 0.6 is 0 Å². The van der Waals surface area contributed by atoms with Crippen LogP contribution in [0.5, 0.6) is 5.75 Å². The molecule has 0 aliphatic heterocycles. The Hall–Kier alpha value is -1.77. The second-order valence-corrected chi connectivity index (χ2v) is 5.72. The molecule has 3 nitrogen and oxygen atoms in total. The Morgan fingerprint density at radius 2 is 2.00 bits per heavy atom. The predicted molar refractivity (Wildman–Crippen MR) is 79.7 cm³/mol. The van der Waals surface area contributed by atoms with E-state index in [0.717, 1.165) is 36.1 Å². The zero-order valence-electron chi connectivity index (χ0n) is 12.1. The van der Waals surface area contributed by atoms with Gasteiger partial charge in [0, 0.05) is 11.6 Å². The molecule has 0 aromatic heterocycles. The standard InChI is InChI=1S/C17H22O3/c1-12-7-9-15(11-13(12)2)20-16-6-4-3-5-14(16)8-10-17(18)19/h3-6,8,10,12-13,15H,7,9,11H2,1-2H3,(H,18,19). The van der Waals surface area contributed by atoms with Gasteiger partial charge in [-0.05, 0) is 43.2 Å². The van der Waals surface area contributed by atoms with E-state index in [1.54, 1.807) is 6.08 Å². The molecule has 1 aliphatic rings. The first-order valence-electron chi connectivity index (χ1n) is 7.23. The number of benzene rings is 1. The van der Waals surface area contributed by atoms with Crippen LogP contribution in [0.3, 0.4) is 0 Å². The van der Waals surface area contributed by atoms with Gasteiger partial charge in [0.05, 0.1) is 6.10 Å². The Kier molecular flexibility index (Phi) is 4.83. The number of hydrogen-bond acceptors (Lipinski definition) is 2. The van der Waals surface area contributed by atoms with E-state index in [4.69, 9.17) is 9.84 Å². The average Bonchev–Trinajstić information content (AvgIpc) is 2.42. The van der Waals surface area contributed by atoms with Crippen LogP contribution in [0.25, 0.3) is 6.08 Å². The van der Waals surface area contributed by atoms with Gasteiger partial charge in [0.25, 0.3) is 0 Å². The van der Waals surface area contributed by atoms with Gasteiger partial charge in [0.15, 0.2) is 0 Å². The SMILES string of the molecule is CC1CCC(Oc2ccccc2C=CC(=O)O)CC1C. The molecular weight excluding hydrogens is 252 g/mol. The van der Waals surface area contributed by atoms with Crippen LogP contribution in [0.15, 0.2) is 30.3 Å². The first-order valence-corrected chi connectivity index (χ1v) is 7.23. The molecule has 0 spiro atoms. The summed E-state index contributed by atoms with van der Waals surface area (Å²) in [6, 6.07) is 7.59. The Morgan fingerprint density at radius 3 is 2.70 bits per heavy atom. The van der Waals surface area contributed by atoms with Crippen LogP contribution in [0.4, 0.5) is 0 Å². The molecule has 1 saturated carbocycles. The Labute approximate surface area is 120 Å². The molecule has 1 N–H and O–H groups in total. The first-order chi connectivity index (χ1) is 9.56. The number of aliphatic carboxylic acids is 1. The lowest BCUT2D eigenvalue weighted by molar-refractivity contribution is -0.131. The molecule has 3 heteroatoms. The van der Waals surface area contributed by atoms with Crippen molar-refractivity contribution in [1.29, 1.82) is 0 Å². The topological polar surface area (TPSA) is 46.5 Å². The van der Waals surface area contributed by atoms with Crippen LogP contribution < -0.4 is 4.74 Å². The minimum Gasteiger partial charge on any atom is -0.490 e. The van der Waals surface area contributed by atoms with Gasteiger partial charge in [0.1, 0.15) is 5.75 Å². The molecule has 3 unspecified atom stereocenters. The zero-order valence-corrected chi connectivity index (χ0v) is 12.1. The lowest BCUT2D eigenvalue weighted by Gasteiger charge is -2.32. The number of ether oxygens (including phenoxy) is 1. The molecule has 3 atom stereocenters. The number of carbonyl (C=O) groups is 1. The highest BCUT2D eigenvalue weighted by atomic mass is 16.5. The summed E-state index contributed by atoms with van der Waals surface area (Å²) in [7, 11) is 0. The maximum absolute atomic E-state index is 10.6. The number of carboxylic acid groups (broad SMARTS) is 1. The first kappa shape index (κ1) is 14.6. The predicted octanol–water partition coefficient (Wildman–Crippen LogP) is 3.99. The fourth-order valence-corrected chi connectivity index (χ4v) is 2.67. The van der Waals surface area contributed by atoms with Gasteiger partial charge in [-0.2, -0.15) is 0 Å². The van der Waals surface area contributed by atoms with Crippen LogP contribution in [-0.4, -0.2) is 17.2 Å². The molecular formula is C17H22O3. The van der Waals surface area contributed by atoms with Gasteiger partial charge in [0.2, 0.25) is 0 Å². The van der Waals surface area contributed by atoms with Crippen molar-refractivity contribution in [3.8, 4) is 5.75 Å². The lowest BCUT2D eigenvalue weighted by Crippen LogP contribution is -2.28. The van der Waals surface area contributed by atoms with Gasteiger partial charge in [-0.3, -0.25) is 0 Å². The molecule has 20 heavy (non-hydrogen) atoms. The summed E-state index contributed by atoms with van der Waals surface area (Å²) >= 11 is 0. The third-order valence-electron chi connectivity index (χ3n) is 4.17. The normalized spacial score (nSPS) is 26.6. The summed E-state index contributed by atoms with van der Waals surface area (Å²) in [5.74, 6) is 1.27. The van der Waals surface area contributed by atoms with E-state index in [9.17, 15) is 4.79 Å². The van der Waals surface area contributed by atoms with Crippen molar-refractivity contribution in [2.75, 3.05) is 0 Å². The fourth-order valence-electron chi connectivity index (χ4n) is 2.67. The second-order valence-electron chi connectivity index (χ2n) is 5.72. The molecule has 108 valence electrons. The van der Waals surface area contributed by atoms with Crippen molar-refractivity contribution in [3.05, 3.63) is 35.9 Å². The molecule has 1 aliphatic carbocycles. The molecule has 1 aromatic rings. The smallest absolute Gasteiger partial charge is 0.328 e. The minimum atomic E-state index is -0.945. The third kappa shape index (κ3) is 3.86. The van der Waals surface area contributed by atoms with Crippen LogP contribution in [0.1, 0.15) is 38.7 Å². The maximum Gasteiger partial charge on any atom is 0.328 e. The van der Waals surface area contributed by atoms with Crippen molar-refractivity contribution < 1.29 is 14.6 Å². The second kappa shape index (κ2) is 6.60. The van der Waals surface area contributed by atoms with Gasteiger partial charge < -0.3 is 9.84 Å². The molecule has 0 saturated heterocycles. The lowest BCUT2D eigenvalue weighted by atomic mass is 9.80. The summed E-state index contributed by atoms with van der Waals surface area (Å²) in [6.45, 7) is 4.57. The van der Waals surface area contributed by atoms with Crippen LogP contribution in [0.2, 0.25) is 0 Å². The Bertz CT molecular complexity index is 493. The van der Waals surface area contributed by atoms with Crippen molar-refractivity contribution in [3.63, 3.8) is 0 Å². The highest BCUT2D eigenvalue weighted by Gasteiger charge is 2.25. The van der Waals surface area contributed by atoms with E-state index < -0.39 is 5.97 Å². The highest BCUT2D eigenvalue weighted by molar-refractivity contribution is 5.85. The summed E-state index contributed by atoms with van der Waals surface area (Å²) in [6.07, 6.45) is 6.31. The molecule has 2 rings (SSSR count). The number of rotatable bonds is 4. The molecule has 0 amide bonds. The zero-order chi connectivity index (χ0) is 14.5. The van der Waals surface area contributed by atoms with E-state index in [1.165, 1.54) is 6.42 Å². The fraction of sp³-hybridized carbons (Fsp3) is 0.471.